The van der Waals surface area contributed by atoms with Crippen molar-refractivity contribution in [3.8, 4) is 0 Å². The Morgan fingerprint density at radius 1 is 1.05 bits per heavy atom. The van der Waals surface area contributed by atoms with Crippen molar-refractivity contribution >= 4 is 15.9 Å². The Morgan fingerprint density at radius 2 is 1.75 bits per heavy atom. The Hall–Kier alpha value is -1.08. The van der Waals surface area contributed by atoms with Crippen molar-refractivity contribution in [1.29, 1.82) is 0 Å². The van der Waals surface area contributed by atoms with E-state index in [1.807, 2.05) is 0 Å². The average molecular weight is 329 g/mol. The molecule has 0 heterocycles. The van der Waals surface area contributed by atoms with Crippen LogP contribution < -0.4 is 0 Å². The predicted octanol–water partition coefficient (Wildman–Crippen LogP) is 5.34. The van der Waals surface area contributed by atoms with Crippen LogP contribution in [0.3, 0.4) is 0 Å². The van der Waals surface area contributed by atoms with E-state index in [1.165, 1.54) is 35.1 Å². The van der Waals surface area contributed by atoms with E-state index in [4.69, 9.17) is 0 Å². The van der Waals surface area contributed by atoms with Crippen molar-refractivity contribution in [2.45, 2.75) is 43.4 Å². The molecular formula is C19H21Br. The molecule has 2 aromatic carbocycles. The van der Waals surface area contributed by atoms with Gasteiger partial charge in [-0.2, -0.15) is 0 Å². The highest BCUT2D eigenvalue weighted by Gasteiger charge is 2.49. The monoisotopic (exact) mass is 328 g/mol. The van der Waals surface area contributed by atoms with Crippen LogP contribution in [-0.2, 0) is 11.8 Å². The topological polar surface area (TPSA) is 0 Å². The zero-order valence-corrected chi connectivity index (χ0v) is 13.8. The fraction of sp³-hybridized carbons (Fsp3) is 0.368. The second-order valence-electron chi connectivity index (χ2n) is 6.12. The zero-order valence-electron chi connectivity index (χ0n) is 12.2. The van der Waals surface area contributed by atoms with Gasteiger partial charge in [0, 0.05) is 10.2 Å². The molecule has 1 aliphatic carbocycles. The van der Waals surface area contributed by atoms with Gasteiger partial charge in [0.1, 0.15) is 0 Å². The summed E-state index contributed by atoms with van der Waals surface area (Å²) in [5.74, 6) is 0. The molecule has 3 rings (SSSR count). The maximum atomic E-state index is 3.99. The Labute approximate surface area is 130 Å². The fourth-order valence-electron chi connectivity index (χ4n) is 3.10. The van der Waals surface area contributed by atoms with E-state index < -0.39 is 0 Å². The Kier molecular flexibility index (Phi) is 3.72. The van der Waals surface area contributed by atoms with Gasteiger partial charge in [0.2, 0.25) is 0 Å². The van der Waals surface area contributed by atoms with E-state index in [2.05, 4.69) is 78.3 Å². The van der Waals surface area contributed by atoms with Gasteiger partial charge >= 0.3 is 0 Å². The number of hydrogen-bond acceptors (Lipinski definition) is 0. The number of benzene rings is 2. The van der Waals surface area contributed by atoms with Crippen LogP contribution in [0.15, 0.2) is 48.5 Å². The summed E-state index contributed by atoms with van der Waals surface area (Å²) in [6.45, 7) is 4.40. The van der Waals surface area contributed by atoms with Crippen LogP contribution in [0.2, 0.25) is 0 Å². The van der Waals surface area contributed by atoms with Crippen molar-refractivity contribution in [2.75, 3.05) is 0 Å². The van der Waals surface area contributed by atoms with Gasteiger partial charge in [0.15, 0.2) is 0 Å². The smallest absolute Gasteiger partial charge is 0.0283 e. The number of alkyl halides is 1. The number of rotatable bonds is 4. The van der Waals surface area contributed by atoms with Crippen molar-refractivity contribution < 1.29 is 0 Å². The van der Waals surface area contributed by atoms with Crippen LogP contribution in [0.5, 0.6) is 0 Å². The van der Waals surface area contributed by atoms with Gasteiger partial charge in [-0.15, -0.1) is 0 Å². The van der Waals surface area contributed by atoms with E-state index in [1.54, 1.807) is 0 Å². The molecule has 0 radical (unpaired) electrons. The maximum absolute atomic E-state index is 3.99. The summed E-state index contributed by atoms with van der Waals surface area (Å²) in [5.41, 5.74) is 6.09. The minimum atomic E-state index is 0.359. The standard InChI is InChI=1S/C19H21Br/c1-14-8-9-15(2)16(12-14)13-18(20)19(10-11-19)17-6-4-3-5-7-17/h3-9,12,18H,10-11,13H2,1-2H3. The molecule has 0 nitrogen and oxygen atoms in total. The SMILES string of the molecule is Cc1ccc(C)c(CC(Br)C2(c3ccccc3)CC2)c1. The number of halogens is 1. The molecule has 1 heteroatoms. The molecule has 20 heavy (non-hydrogen) atoms. The fourth-order valence-corrected chi connectivity index (χ4v) is 4.17. The van der Waals surface area contributed by atoms with Gasteiger partial charge in [0.25, 0.3) is 0 Å². The molecular weight excluding hydrogens is 308 g/mol. The lowest BCUT2D eigenvalue weighted by Crippen LogP contribution is -2.23. The molecule has 1 saturated carbocycles. The summed E-state index contributed by atoms with van der Waals surface area (Å²) >= 11 is 3.99. The van der Waals surface area contributed by atoms with E-state index in [9.17, 15) is 0 Å². The van der Waals surface area contributed by atoms with E-state index >= 15 is 0 Å². The lowest BCUT2D eigenvalue weighted by molar-refractivity contribution is 0.645. The summed E-state index contributed by atoms with van der Waals surface area (Å²) in [7, 11) is 0. The molecule has 0 bridgehead atoms. The first kappa shape index (κ1) is 13.9. The lowest BCUT2D eigenvalue weighted by Gasteiger charge is -2.23. The summed E-state index contributed by atoms with van der Waals surface area (Å²) in [4.78, 5) is 0.526. The third-order valence-corrected chi connectivity index (χ3v) is 5.84. The first-order valence-corrected chi connectivity index (χ1v) is 8.29. The molecule has 0 N–H and O–H groups in total. The third kappa shape index (κ3) is 2.56. The average Bonchev–Trinajstić information content (AvgIpc) is 3.25. The van der Waals surface area contributed by atoms with Gasteiger partial charge in [-0.25, -0.2) is 0 Å². The molecule has 1 atom stereocenters. The van der Waals surface area contributed by atoms with Crippen molar-refractivity contribution in [3.63, 3.8) is 0 Å². The highest BCUT2D eigenvalue weighted by atomic mass is 79.9. The molecule has 0 spiro atoms. The molecule has 2 aromatic rings. The summed E-state index contributed by atoms with van der Waals surface area (Å²) in [6, 6.07) is 17.8. The van der Waals surface area contributed by atoms with Crippen LogP contribution in [0.1, 0.15) is 35.1 Å². The zero-order chi connectivity index (χ0) is 14.2. The molecule has 0 aromatic heterocycles. The lowest BCUT2D eigenvalue weighted by atomic mass is 9.88. The van der Waals surface area contributed by atoms with E-state index in [0.717, 1.165) is 6.42 Å². The Morgan fingerprint density at radius 3 is 2.40 bits per heavy atom. The highest BCUT2D eigenvalue weighted by Crippen LogP contribution is 2.54. The normalized spacial score (nSPS) is 17.8. The first-order valence-electron chi connectivity index (χ1n) is 7.37. The molecule has 104 valence electrons. The van der Waals surface area contributed by atoms with Gasteiger partial charge in [0.05, 0.1) is 0 Å². The molecule has 1 aliphatic rings. The van der Waals surface area contributed by atoms with E-state index in [-0.39, 0.29) is 0 Å². The number of hydrogen-bond donors (Lipinski definition) is 0. The molecule has 0 amide bonds. The van der Waals surface area contributed by atoms with Crippen molar-refractivity contribution in [2.24, 2.45) is 0 Å². The maximum Gasteiger partial charge on any atom is 0.0283 e. The highest BCUT2D eigenvalue weighted by molar-refractivity contribution is 9.09. The van der Waals surface area contributed by atoms with Crippen molar-refractivity contribution in [3.05, 3.63) is 70.8 Å². The van der Waals surface area contributed by atoms with Crippen LogP contribution in [-0.4, -0.2) is 4.83 Å². The molecule has 0 aliphatic heterocycles. The van der Waals surface area contributed by atoms with E-state index in [0.29, 0.717) is 10.2 Å². The summed E-state index contributed by atoms with van der Waals surface area (Å²) in [5, 5.41) is 0. The Bertz CT molecular complexity index is 596. The largest absolute Gasteiger partial charge is 0.0877 e. The summed E-state index contributed by atoms with van der Waals surface area (Å²) in [6.07, 6.45) is 3.72. The predicted molar refractivity (Wildman–Crippen MR) is 89.7 cm³/mol. The quantitative estimate of drug-likeness (QED) is 0.664. The van der Waals surface area contributed by atoms with Crippen LogP contribution >= 0.6 is 15.9 Å². The van der Waals surface area contributed by atoms with Gasteiger partial charge in [-0.05, 0) is 49.8 Å². The minimum Gasteiger partial charge on any atom is -0.0877 e. The summed E-state index contributed by atoms with van der Waals surface area (Å²) < 4.78 is 0. The van der Waals surface area contributed by atoms with Gasteiger partial charge in [-0.1, -0.05) is 70.0 Å². The molecule has 1 fully saturated rings. The minimum absolute atomic E-state index is 0.359. The third-order valence-electron chi connectivity index (χ3n) is 4.64. The van der Waals surface area contributed by atoms with Gasteiger partial charge < -0.3 is 0 Å². The second-order valence-corrected chi connectivity index (χ2v) is 7.23. The number of aryl methyl sites for hydroxylation is 2. The van der Waals surface area contributed by atoms with Gasteiger partial charge in [-0.3, -0.25) is 0 Å². The van der Waals surface area contributed by atoms with Crippen LogP contribution in [0.25, 0.3) is 0 Å². The van der Waals surface area contributed by atoms with Crippen molar-refractivity contribution in [1.82, 2.24) is 0 Å². The first-order chi connectivity index (χ1) is 9.62. The van der Waals surface area contributed by atoms with Crippen LogP contribution in [0.4, 0.5) is 0 Å². The van der Waals surface area contributed by atoms with Crippen LogP contribution in [0, 0.1) is 13.8 Å². The Balaban J connectivity index is 1.83. The molecule has 1 unspecified atom stereocenters. The second kappa shape index (κ2) is 5.37. The molecule has 0 saturated heterocycles.